The van der Waals surface area contributed by atoms with E-state index in [4.69, 9.17) is 0 Å². The van der Waals surface area contributed by atoms with Gasteiger partial charge in [-0.1, -0.05) is 31.5 Å². The second kappa shape index (κ2) is 13.0. The van der Waals surface area contributed by atoms with E-state index in [0.717, 1.165) is 32.4 Å². The lowest BCUT2D eigenvalue weighted by atomic mass is 10.0. The van der Waals surface area contributed by atoms with Crippen LogP contribution < -0.4 is 10.6 Å². The van der Waals surface area contributed by atoms with E-state index in [0.29, 0.717) is 5.96 Å². The number of hydrogen-bond acceptors (Lipinski definition) is 2. The Balaban J connectivity index is 0.00000576. The van der Waals surface area contributed by atoms with Crippen molar-refractivity contribution in [2.75, 3.05) is 33.7 Å². The molecule has 2 N–H and O–H groups in total. The Morgan fingerprint density at radius 2 is 1.72 bits per heavy atom. The number of aliphatic imine (C=N–C) groups is 1. The zero-order chi connectivity index (χ0) is 17.9. The largest absolute Gasteiger partial charge is 0.356 e. The summed E-state index contributed by atoms with van der Waals surface area (Å²) >= 11 is 0. The smallest absolute Gasteiger partial charge is 0.243 e. The summed E-state index contributed by atoms with van der Waals surface area (Å²) in [5.74, 6) is 0.714. The summed E-state index contributed by atoms with van der Waals surface area (Å²) in [6.07, 6.45) is 3.15. The third-order valence-electron chi connectivity index (χ3n) is 4.01. The van der Waals surface area contributed by atoms with Gasteiger partial charge in [-0.05, 0) is 43.4 Å². The molecule has 142 valence electrons. The number of rotatable bonds is 8. The van der Waals surface area contributed by atoms with Crippen LogP contribution in [0.1, 0.15) is 36.5 Å². The van der Waals surface area contributed by atoms with Crippen LogP contribution in [0.3, 0.4) is 0 Å². The molecule has 5 nitrogen and oxygen atoms in total. The van der Waals surface area contributed by atoms with Crippen LogP contribution >= 0.6 is 24.0 Å². The number of likely N-dealkylation sites (N-methyl/N-ethyl adjacent to an activating group) is 1. The minimum Gasteiger partial charge on any atom is -0.356 e. The van der Waals surface area contributed by atoms with Crippen LogP contribution in [0.4, 0.5) is 0 Å². The van der Waals surface area contributed by atoms with Gasteiger partial charge >= 0.3 is 0 Å². The highest BCUT2D eigenvalue weighted by Crippen LogP contribution is 2.13. The molecule has 0 radical (unpaired) electrons. The molecule has 0 aliphatic rings. The number of nitrogens with zero attached hydrogens (tertiary/aromatic N) is 2. The Kier molecular flexibility index (Phi) is 12.3. The number of carbonyl (C=O) groups excluding carboxylic acids is 1. The van der Waals surface area contributed by atoms with Gasteiger partial charge in [-0.3, -0.25) is 4.79 Å². The van der Waals surface area contributed by atoms with E-state index in [1.807, 2.05) is 0 Å². The van der Waals surface area contributed by atoms with Gasteiger partial charge in [-0.25, -0.2) is 4.99 Å². The number of benzene rings is 1. The molecule has 0 atom stereocenters. The second-order valence-electron chi connectivity index (χ2n) is 6.28. The van der Waals surface area contributed by atoms with Gasteiger partial charge in [-0.2, -0.15) is 0 Å². The summed E-state index contributed by atoms with van der Waals surface area (Å²) in [6.45, 7) is 8.27. The molecule has 0 saturated carbocycles. The lowest BCUT2D eigenvalue weighted by Gasteiger charge is -2.15. The second-order valence-corrected chi connectivity index (χ2v) is 6.28. The van der Waals surface area contributed by atoms with Gasteiger partial charge in [-0.15, -0.1) is 24.0 Å². The predicted octanol–water partition coefficient (Wildman–Crippen LogP) is 2.89. The summed E-state index contributed by atoms with van der Waals surface area (Å²) in [5, 5.41) is 6.64. The summed E-state index contributed by atoms with van der Waals surface area (Å²) in [4.78, 5) is 17.7. The molecule has 6 heteroatoms. The lowest BCUT2D eigenvalue weighted by molar-refractivity contribution is -0.127. The highest BCUT2D eigenvalue weighted by Gasteiger charge is 2.06. The van der Waals surface area contributed by atoms with Crippen LogP contribution in [-0.4, -0.2) is 50.5 Å². The molecule has 1 rings (SSSR count). The average molecular weight is 460 g/mol. The van der Waals surface area contributed by atoms with Crippen molar-refractivity contribution in [2.45, 2.75) is 40.0 Å². The first kappa shape index (κ1) is 23.7. The average Bonchev–Trinajstić information content (AvgIpc) is 2.54. The van der Waals surface area contributed by atoms with Crippen molar-refractivity contribution in [2.24, 2.45) is 4.99 Å². The van der Waals surface area contributed by atoms with Crippen molar-refractivity contribution in [3.05, 3.63) is 34.9 Å². The predicted molar refractivity (Wildman–Crippen MR) is 117 cm³/mol. The fraction of sp³-hybridized carbons (Fsp3) is 0.579. The molecular weight excluding hydrogens is 427 g/mol. The Morgan fingerprint density at radius 3 is 2.28 bits per heavy atom. The zero-order valence-electron chi connectivity index (χ0n) is 16.2. The Morgan fingerprint density at radius 1 is 1.12 bits per heavy atom. The molecule has 0 bridgehead atoms. The third kappa shape index (κ3) is 9.09. The first-order valence-corrected chi connectivity index (χ1v) is 8.73. The van der Waals surface area contributed by atoms with E-state index in [9.17, 15) is 4.79 Å². The molecule has 0 saturated heterocycles. The molecule has 0 heterocycles. The van der Waals surface area contributed by atoms with Crippen molar-refractivity contribution in [1.29, 1.82) is 0 Å². The Bertz CT molecular complexity index is 538. The van der Waals surface area contributed by atoms with Crippen LogP contribution in [0.15, 0.2) is 23.2 Å². The van der Waals surface area contributed by atoms with Crippen molar-refractivity contribution < 1.29 is 4.79 Å². The number of nitrogens with one attached hydrogen (secondary N) is 2. The van der Waals surface area contributed by atoms with Crippen LogP contribution in [-0.2, 0) is 11.2 Å². The van der Waals surface area contributed by atoms with Gasteiger partial charge in [0.05, 0.1) is 0 Å². The van der Waals surface area contributed by atoms with E-state index >= 15 is 0 Å². The molecule has 0 unspecified atom stereocenters. The zero-order valence-corrected chi connectivity index (χ0v) is 18.5. The van der Waals surface area contributed by atoms with Crippen molar-refractivity contribution in [1.82, 2.24) is 15.5 Å². The van der Waals surface area contributed by atoms with E-state index < -0.39 is 0 Å². The van der Waals surface area contributed by atoms with Crippen LogP contribution in [0.2, 0.25) is 0 Å². The fourth-order valence-corrected chi connectivity index (χ4v) is 2.40. The first-order chi connectivity index (χ1) is 11.5. The quantitative estimate of drug-likeness (QED) is 0.272. The van der Waals surface area contributed by atoms with E-state index in [1.54, 1.807) is 19.0 Å². The van der Waals surface area contributed by atoms with E-state index in [1.165, 1.54) is 16.7 Å². The Labute approximate surface area is 169 Å². The number of guanidine groups is 1. The number of unbranched alkanes of at least 4 members (excludes halogenated alkanes) is 1. The number of amides is 1. The maximum Gasteiger partial charge on any atom is 0.243 e. The van der Waals surface area contributed by atoms with Crippen molar-refractivity contribution >= 4 is 35.8 Å². The summed E-state index contributed by atoms with van der Waals surface area (Å²) < 4.78 is 0. The molecule has 0 aromatic heterocycles. The Hall–Kier alpha value is -1.31. The van der Waals surface area contributed by atoms with Crippen LogP contribution in [0, 0.1) is 13.8 Å². The maximum atomic E-state index is 11.7. The summed E-state index contributed by atoms with van der Waals surface area (Å²) in [6, 6.07) is 6.38. The van der Waals surface area contributed by atoms with Gasteiger partial charge in [0.1, 0.15) is 6.54 Å². The van der Waals surface area contributed by atoms with Gasteiger partial charge in [0, 0.05) is 27.2 Å². The lowest BCUT2D eigenvalue weighted by Crippen LogP contribution is -2.40. The van der Waals surface area contributed by atoms with E-state index in [2.05, 4.69) is 54.6 Å². The normalized spacial score (nSPS) is 10.8. The van der Waals surface area contributed by atoms with Gasteiger partial charge in [0.25, 0.3) is 0 Å². The van der Waals surface area contributed by atoms with Crippen LogP contribution in [0.5, 0.6) is 0 Å². The number of aryl methyl sites for hydroxylation is 2. The molecule has 0 spiro atoms. The maximum absolute atomic E-state index is 11.7. The fourth-order valence-electron chi connectivity index (χ4n) is 2.40. The molecule has 25 heavy (non-hydrogen) atoms. The first-order valence-electron chi connectivity index (χ1n) is 8.73. The number of halogens is 1. The molecule has 1 aromatic rings. The molecule has 0 aliphatic carbocycles. The molecular formula is C19H33IN4O. The SMILES string of the molecule is CCCCNC(=NCC(=O)N(C)C)NCCc1c(C)cccc1C.I. The van der Waals surface area contributed by atoms with Crippen molar-refractivity contribution in [3.63, 3.8) is 0 Å². The minimum atomic E-state index is 0. The third-order valence-corrected chi connectivity index (χ3v) is 4.01. The van der Waals surface area contributed by atoms with Crippen molar-refractivity contribution in [3.8, 4) is 0 Å². The standard InChI is InChI=1S/C19H32N4O.HI/c1-6-7-12-20-19(22-14-18(24)23(4)5)21-13-11-17-15(2)9-8-10-16(17)3;/h8-10H,6-7,11-14H2,1-5H3,(H2,20,21,22);1H. The highest BCUT2D eigenvalue weighted by atomic mass is 127. The highest BCUT2D eigenvalue weighted by molar-refractivity contribution is 14.0. The monoisotopic (exact) mass is 460 g/mol. The van der Waals surface area contributed by atoms with Gasteiger partial charge < -0.3 is 15.5 Å². The molecule has 0 aliphatic heterocycles. The van der Waals surface area contributed by atoms with E-state index in [-0.39, 0.29) is 36.4 Å². The van der Waals surface area contributed by atoms with Gasteiger partial charge in [0.2, 0.25) is 5.91 Å². The topological polar surface area (TPSA) is 56.7 Å². The summed E-state index contributed by atoms with van der Waals surface area (Å²) in [7, 11) is 3.49. The molecule has 1 amide bonds. The summed E-state index contributed by atoms with van der Waals surface area (Å²) in [5.41, 5.74) is 4.01. The van der Waals surface area contributed by atoms with Gasteiger partial charge in [0.15, 0.2) is 5.96 Å². The number of carbonyl (C=O) groups is 1. The molecule has 1 aromatic carbocycles. The number of hydrogen-bond donors (Lipinski definition) is 2. The van der Waals surface area contributed by atoms with Crippen LogP contribution in [0.25, 0.3) is 0 Å². The molecule has 0 fully saturated rings. The minimum absolute atomic E-state index is 0.